The third kappa shape index (κ3) is 8.58. The number of carboxylic acids is 1. The van der Waals surface area contributed by atoms with Crippen molar-refractivity contribution in [2.45, 2.75) is 32.7 Å². The number of para-hydroxylation sites is 1. The number of hydrogen-bond acceptors (Lipinski definition) is 9. The van der Waals surface area contributed by atoms with Crippen LogP contribution in [0.25, 0.3) is 10.9 Å². The van der Waals surface area contributed by atoms with E-state index in [4.69, 9.17) is 9.47 Å². The van der Waals surface area contributed by atoms with Crippen LogP contribution in [0.3, 0.4) is 0 Å². The molecule has 15 heteroatoms. The molecule has 242 valence electrons. The summed E-state index contributed by atoms with van der Waals surface area (Å²) in [7, 11) is 0. The molecule has 1 atom stereocenters. The van der Waals surface area contributed by atoms with Gasteiger partial charge in [-0.2, -0.15) is 0 Å². The molecule has 1 aromatic heterocycles. The molecule has 0 bridgehead atoms. The summed E-state index contributed by atoms with van der Waals surface area (Å²) in [5.41, 5.74) is 0.345. The van der Waals surface area contributed by atoms with Crippen LogP contribution in [0, 0.1) is 0 Å². The van der Waals surface area contributed by atoms with Crippen molar-refractivity contribution >= 4 is 46.6 Å². The van der Waals surface area contributed by atoms with Crippen LogP contribution in [0.1, 0.15) is 37.2 Å². The number of piperazine rings is 2. The zero-order valence-corrected chi connectivity index (χ0v) is 25.4. The van der Waals surface area contributed by atoms with E-state index >= 15 is 0 Å². The van der Waals surface area contributed by atoms with Crippen LogP contribution in [0.5, 0.6) is 5.75 Å². The number of nitrogens with zero attached hydrogens (tertiary/aromatic N) is 5. The smallest absolute Gasteiger partial charge is 0.409 e. The van der Waals surface area contributed by atoms with E-state index in [-0.39, 0.29) is 75.5 Å². The summed E-state index contributed by atoms with van der Waals surface area (Å²) in [4.78, 5) is 85.4. The number of hydrogen-bond donors (Lipinski definition) is 2. The summed E-state index contributed by atoms with van der Waals surface area (Å²) in [5, 5.41) is 12.5. The van der Waals surface area contributed by atoms with Crippen molar-refractivity contribution < 1.29 is 43.3 Å². The van der Waals surface area contributed by atoms with E-state index in [9.17, 15) is 33.9 Å². The number of nitrogens with one attached hydrogen (secondary N) is 1. The second-order valence-corrected chi connectivity index (χ2v) is 10.7. The molecule has 2 aliphatic heterocycles. The van der Waals surface area contributed by atoms with Crippen molar-refractivity contribution in [1.29, 1.82) is 0 Å². The van der Waals surface area contributed by atoms with E-state index < -0.39 is 29.9 Å². The highest BCUT2D eigenvalue weighted by atomic mass is 16.6. The first-order valence-corrected chi connectivity index (χ1v) is 14.9. The van der Waals surface area contributed by atoms with E-state index in [1.807, 2.05) is 0 Å². The number of carbonyl (C=O) groups excluding carboxylic acids is 5. The van der Waals surface area contributed by atoms with E-state index in [2.05, 4.69) is 10.3 Å². The van der Waals surface area contributed by atoms with Crippen molar-refractivity contribution in [3.8, 4) is 5.75 Å². The zero-order valence-electron chi connectivity index (χ0n) is 25.4. The lowest BCUT2D eigenvalue weighted by Crippen LogP contribution is -2.56. The predicted molar refractivity (Wildman–Crippen MR) is 159 cm³/mol. The van der Waals surface area contributed by atoms with Crippen LogP contribution in [0.4, 0.5) is 4.79 Å². The number of carbonyl (C=O) groups is 6. The Bertz CT molecular complexity index is 1430. The highest BCUT2D eigenvalue weighted by Gasteiger charge is 2.31. The molecule has 0 spiro atoms. The van der Waals surface area contributed by atoms with Gasteiger partial charge in [0, 0.05) is 77.2 Å². The first-order chi connectivity index (χ1) is 21.6. The summed E-state index contributed by atoms with van der Waals surface area (Å²) in [6.07, 6.45) is -0.986. The van der Waals surface area contributed by atoms with Crippen molar-refractivity contribution in [2.24, 2.45) is 0 Å². The third-order valence-electron chi connectivity index (χ3n) is 7.71. The van der Waals surface area contributed by atoms with Crippen LogP contribution in [0.15, 0.2) is 30.3 Å². The molecule has 1 aromatic carbocycles. The van der Waals surface area contributed by atoms with Gasteiger partial charge in [-0.25, -0.2) is 9.78 Å². The van der Waals surface area contributed by atoms with Gasteiger partial charge in [0.25, 0.3) is 11.8 Å². The fourth-order valence-corrected chi connectivity index (χ4v) is 5.18. The molecule has 2 fully saturated rings. The minimum Gasteiger partial charge on any atom is -0.483 e. The standard InChI is InChI=1S/C30H38N6O9/c1-3-44-30(43)36-16-14-35(15-17-36)29(42)23(8-9-27(39)40)32-28(41)24-18-25(21-6-4-5-7-22(21)31-24)45-19-26(38)34-12-10-33(11-13-34)20(2)37/h4-7,18,23H,3,8-17,19H2,1-2H3,(H,32,41)(H,39,40). The molecule has 45 heavy (non-hydrogen) atoms. The lowest BCUT2D eigenvalue weighted by Gasteiger charge is -2.35. The molecule has 1 unspecified atom stereocenters. The van der Waals surface area contributed by atoms with Crippen molar-refractivity contribution in [3.63, 3.8) is 0 Å². The van der Waals surface area contributed by atoms with Crippen LogP contribution in [-0.4, -0.2) is 137 Å². The molecule has 2 aliphatic rings. The van der Waals surface area contributed by atoms with Gasteiger partial charge in [0.1, 0.15) is 17.5 Å². The maximum Gasteiger partial charge on any atom is 0.409 e. The number of fused-ring (bicyclic) bond motifs is 1. The maximum atomic E-state index is 13.4. The van der Waals surface area contributed by atoms with Gasteiger partial charge in [0.2, 0.25) is 11.8 Å². The first-order valence-electron chi connectivity index (χ1n) is 14.9. The van der Waals surface area contributed by atoms with Crippen molar-refractivity contribution in [3.05, 3.63) is 36.0 Å². The SMILES string of the molecule is CCOC(=O)N1CCN(C(=O)C(CCC(=O)O)NC(=O)c2cc(OCC(=O)N3CCN(C(C)=O)CC3)c3ccccc3n2)CC1. The fourth-order valence-electron chi connectivity index (χ4n) is 5.18. The Morgan fingerprint density at radius 1 is 0.911 bits per heavy atom. The van der Waals surface area contributed by atoms with Gasteiger partial charge in [0.15, 0.2) is 6.61 Å². The van der Waals surface area contributed by atoms with E-state index in [0.717, 1.165) is 0 Å². The number of aromatic nitrogens is 1. The second kappa shape index (κ2) is 15.2. The fraction of sp³-hybridized carbons (Fsp3) is 0.500. The predicted octanol–water partition coefficient (Wildman–Crippen LogP) is 0.568. The van der Waals surface area contributed by atoms with Crippen molar-refractivity contribution in [2.75, 3.05) is 65.6 Å². The van der Waals surface area contributed by atoms with Crippen LogP contribution in [-0.2, 0) is 23.9 Å². The molecular weight excluding hydrogens is 588 g/mol. The lowest BCUT2D eigenvalue weighted by molar-refractivity contribution is -0.139. The van der Waals surface area contributed by atoms with Gasteiger partial charge in [0.05, 0.1) is 12.1 Å². The molecule has 0 radical (unpaired) electrons. The van der Waals surface area contributed by atoms with Crippen LogP contribution >= 0.6 is 0 Å². The first kappa shape index (κ1) is 33.0. The maximum absolute atomic E-state index is 13.4. The summed E-state index contributed by atoms with van der Waals surface area (Å²) >= 11 is 0. The van der Waals surface area contributed by atoms with Crippen LogP contribution < -0.4 is 10.1 Å². The summed E-state index contributed by atoms with van der Waals surface area (Å²) in [5.74, 6) is -2.39. The number of ether oxygens (including phenoxy) is 2. The number of amides is 5. The van der Waals surface area contributed by atoms with E-state index in [0.29, 0.717) is 37.1 Å². The molecule has 2 N–H and O–H groups in total. The number of benzene rings is 1. The van der Waals surface area contributed by atoms with Gasteiger partial charge in [-0.05, 0) is 25.5 Å². The molecule has 15 nitrogen and oxygen atoms in total. The van der Waals surface area contributed by atoms with Gasteiger partial charge in [-0.3, -0.25) is 24.0 Å². The van der Waals surface area contributed by atoms with E-state index in [1.165, 1.54) is 22.8 Å². The van der Waals surface area contributed by atoms with E-state index in [1.54, 1.807) is 41.0 Å². The van der Waals surface area contributed by atoms with Gasteiger partial charge < -0.3 is 39.5 Å². The normalized spacial score (nSPS) is 15.8. The molecule has 0 saturated carbocycles. The molecule has 3 heterocycles. The molecule has 4 rings (SSSR count). The van der Waals surface area contributed by atoms with Gasteiger partial charge >= 0.3 is 12.1 Å². The zero-order chi connectivity index (χ0) is 32.5. The molecule has 5 amide bonds. The monoisotopic (exact) mass is 626 g/mol. The average Bonchev–Trinajstić information content (AvgIpc) is 3.04. The number of rotatable bonds is 10. The quantitative estimate of drug-likeness (QED) is 0.379. The summed E-state index contributed by atoms with van der Waals surface area (Å²) in [6, 6.07) is 7.14. The van der Waals surface area contributed by atoms with Crippen molar-refractivity contribution in [1.82, 2.24) is 29.9 Å². The topological polar surface area (TPSA) is 179 Å². The largest absolute Gasteiger partial charge is 0.483 e. The Hall–Kier alpha value is -4.95. The minimum absolute atomic E-state index is 0.0455. The molecular formula is C30H38N6O9. The molecule has 2 saturated heterocycles. The van der Waals surface area contributed by atoms with Gasteiger partial charge in [-0.1, -0.05) is 12.1 Å². The Morgan fingerprint density at radius 2 is 1.53 bits per heavy atom. The third-order valence-corrected chi connectivity index (χ3v) is 7.71. The number of aliphatic carboxylic acids is 1. The molecule has 0 aliphatic carbocycles. The van der Waals surface area contributed by atoms with Gasteiger partial charge in [-0.15, -0.1) is 0 Å². The lowest BCUT2D eigenvalue weighted by atomic mass is 10.1. The summed E-state index contributed by atoms with van der Waals surface area (Å²) < 4.78 is 10.9. The Morgan fingerprint density at radius 3 is 2.18 bits per heavy atom. The average molecular weight is 627 g/mol. The number of pyridine rings is 1. The Balaban J connectivity index is 1.46. The highest BCUT2D eigenvalue weighted by Crippen LogP contribution is 2.26. The minimum atomic E-state index is -1.16. The number of carboxylic acid groups (broad SMARTS) is 1. The second-order valence-electron chi connectivity index (χ2n) is 10.7. The Labute approximate surface area is 260 Å². The highest BCUT2D eigenvalue weighted by molar-refractivity contribution is 5.99. The summed E-state index contributed by atoms with van der Waals surface area (Å²) in [6.45, 7) is 5.63. The Kier molecular flexibility index (Phi) is 11.1. The molecule has 2 aromatic rings. The van der Waals surface area contributed by atoms with Crippen LogP contribution in [0.2, 0.25) is 0 Å².